The molecule has 1 aliphatic rings. The van der Waals surface area contributed by atoms with Crippen LogP contribution in [0.1, 0.15) is 34.3 Å². The Morgan fingerprint density at radius 1 is 1.11 bits per heavy atom. The Hall–Kier alpha value is -3.47. The molecule has 1 aromatic heterocycles. The van der Waals surface area contributed by atoms with Crippen molar-refractivity contribution in [1.82, 2.24) is 4.98 Å². The predicted octanol–water partition coefficient (Wildman–Crippen LogP) is 4.10. The average molecular weight is 358 g/mol. The van der Waals surface area contributed by atoms with Crippen LogP contribution in [0.2, 0.25) is 0 Å². The van der Waals surface area contributed by atoms with Crippen molar-refractivity contribution in [2.75, 3.05) is 4.90 Å². The number of nitrogens with zero attached hydrogens (tertiary/aromatic N) is 2. The summed E-state index contributed by atoms with van der Waals surface area (Å²) in [5.74, 6) is -1.57. The molecule has 27 heavy (non-hydrogen) atoms. The van der Waals surface area contributed by atoms with Gasteiger partial charge in [0.15, 0.2) is 0 Å². The number of rotatable bonds is 4. The summed E-state index contributed by atoms with van der Waals surface area (Å²) in [4.78, 5) is 30.3. The van der Waals surface area contributed by atoms with E-state index in [0.29, 0.717) is 17.7 Å². The highest BCUT2D eigenvalue weighted by Gasteiger charge is 2.30. The number of pyridine rings is 1. The molecule has 0 radical (unpaired) electrons. The Bertz CT molecular complexity index is 1030. The number of benzene rings is 2. The standard InChI is InChI=1S/C22H18N2O3/c1-14(22(26)27)15-8-9-20(19(11-15)16-6-4-10-23-12-16)24-13-17-5-2-3-7-18(17)21(24)25/h2-12,14H,13H2,1H3,(H,26,27). The van der Waals surface area contributed by atoms with Gasteiger partial charge in [0.1, 0.15) is 0 Å². The van der Waals surface area contributed by atoms with Gasteiger partial charge in [0.05, 0.1) is 18.2 Å². The predicted molar refractivity (Wildman–Crippen MR) is 103 cm³/mol. The lowest BCUT2D eigenvalue weighted by Crippen LogP contribution is -2.24. The highest BCUT2D eigenvalue weighted by molar-refractivity contribution is 6.11. The fourth-order valence-electron chi connectivity index (χ4n) is 3.40. The zero-order chi connectivity index (χ0) is 19.0. The smallest absolute Gasteiger partial charge is 0.310 e. The van der Waals surface area contributed by atoms with E-state index < -0.39 is 11.9 Å². The average Bonchev–Trinajstić information content (AvgIpc) is 3.04. The van der Waals surface area contributed by atoms with E-state index in [1.807, 2.05) is 48.5 Å². The van der Waals surface area contributed by atoms with Gasteiger partial charge in [0.2, 0.25) is 0 Å². The van der Waals surface area contributed by atoms with Gasteiger partial charge in [-0.3, -0.25) is 14.6 Å². The van der Waals surface area contributed by atoms with Crippen molar-refractivity contribution in [3.05, 3.63) is 83.7 Å². The van der Waals surface area contributed by atoms with Gasteiger partial charge in [0, 0.05) is 29.1 Å². The molecular weight excluding hydrogens is 340 g/mol. The van der Waals surface area contributed by atoms with E-state index in [1.54, 1.807) is 30.3 Å². The lowest BCUT2D eigenvalue weighted by atomic mass is 9.95. The van der Waals surface area contributed by atoms with Crippen molar-refractivity contribution >= 4 is 17.6 Å². The second-order valence-corrected chi connectivity index (χ2v) is 6.63. The minimum Gasteiger partial charge on any atom is -0.481 e. The summed E-state index contributed by atoms with van der Waals surface area (Å²) in [7, 11) is 0. The van der Waals surface area contributed by atoms with E-state index in [-0.39, 0.29) is 5.91 Å². The fraction of sp³-hybridized carbons (Fsp3) is 0.136. The first kappa shape index (κ1) is 17.0. The van der Waals surface area contributed by atoms with Crippen molar-refractivity contribution in [2.24, 2.45) is 0 Å². The van der Waals surface area contributed by atoms with Crippen LogP contribution in [0.15, 0.2) is 67.0 Å². The molecule has 1 unspecified atom stereocenters. The van der Waals surface area contributed by atoms with E-state index >= 15 is 0 Å². The van der Waals surface area contributed by atoms with E-state index in [1.165, 1.54) is 0 Å². The number of carboxylic acid groups (broad SMARTS) is 1. The molecule has 1 amide bonds. The molecule has 2 heterocycles. The van der Waals surface area contributed by atoms with Crippen LogP contribution in [0.25, 0.3) is 11.1 Å². The molecular formula is C22H18N2O3. The lowest BCUT2D eigenvalue weighted by Gasteiger charge is -2.21. The number of carbonyl (C=O) groups excluding carboxylic acids is 1. The summed E-state index contributed by atoms with van der Waals surface area (Å²) in [6.45, 7) is 2.15. The van der Waals surface area contributed by atoms with Crippen LogP contribution in [0.5, 0.6) is 0 Å². The largest absolute Gasteiger partial charge is 0.481 e. The lowest BCUT2D eigenvalue weighted by molar-refractivity contribution is -0.138. The molecule has 0 saturated heterocycles. The minimum atomic E-state index is -0.885. The van der Waals surface area contributed by atoms with Crippen molar-refractivity contribution in [1.29, 1.82) is 0 Å². The summed E-state index contributed by atoms with van der Waals surface area (Å²) in [5, 5.41) is 9.36. The molecule has 2 aromatic carbocycles. The molecule has 0 fully saturated rings. The quantitative estimate of drug-likeness (QED) is 0.762. The van der Waals surface area contributed by atoms with Crippen LogP contribution in [0.4, 0.5) is 5.69 Å². The molecule has 5 heteroatoms. The summed E-state index contributed by atoms with van der Waals surface area (Å²) in [6.07, 6.45) is 3.41. The number of carbonyl (C=O) groups is 2. The summed E-state index contributed by atoms with van der Waals surface area (Å²) < 4.78 is 0. The molecule has 1 aliphatic heterocycles. The van der Waals surface area contributed by atoms with E-state index in [9.17, 15) is 14.7 Å². The van der Waals surface area contributed by atoms with Crippen molar-refractivity contribution < 1.29 is 14.7 Å². The number of aliphatic carboxylic acids is 1. The van der Waals surface area contributed by atoms with Crippen LogP contribution in [-0.4, -0.2) is 22.0 Å². The second-order valence-electron chi connectivity index (χ2n) is 6.63. The van der Waals surface area contributed by atoms with Crippen LogP contribution in [-0.2, 0) is 11.3 Å². The first-order chi connectivity index (χ1) is 13.1. The van der Waals surface area contributed by atoms with Gasteiger partial charge in [-0.15, -0.1) is 0 Å². The van der Waals surface area contributed by atoms with E-state index in [0.717, 1.165) is 22.4 Å². The van der Waals surface area contributed by atoms with Gasteiger partial charge in [-0.25, -0.2) is 0 Å². The van der Waals surface area contributed by atoms with Crippen LogP contribution >= 0.6 is 0 Å². The fourth-order valence-corrected chi connectivity index (χ4v) is 3.40. The molecule has 3 aromatic rings. The van der Waals surface area contributed by atoms with Crippen LogP contribution < -0.4 is 4.90 Å². The SMILES string of the molecule is CC(C(=O)O)c1ccc(N2Cc3ccccc3C2=O)c(-c2cccnc2)c1. The molecule has 4 rings (SSSR count). The number of fused-ring (bicyclic) bond motifs is 1. The maximum absolute atomic E-state index is 12.9. The molecule has 0 saturated carbocycles. The Labute approximate surface area is 156 Å². The third kappa shape index (κ3) is 2.97. The number of amides is 1. The van der Waals surface area contributed by atoms with Gasteiger partial charge >= 0.3 is 5.97 Å². The zero-order valence-corrected chi connectivity index (χ0v) is 14.8. The van der Waals surface area contributed by atoms with Crippen molar-refractivity contribution in [3.8, 4) is 11.1 Å². The van der Waals surface area contributed by atoms with Gasteiger partial charge in [-0.2, -0.15) is 0 Å². The van der Waals surface area contributed by atoms with Crippen molar-refractivity contribution in [2.45, 2.75) is 19.4 Å². The zero-order valence-electron chi connectivity index (χ0n) is 14.8. The van der Waals surface area contributed by atoms with Gasteiger partial charge in [-0.1, -0.05) is 30.3 Å². The maximum atomic E-state index is 12.9. The Balaban J connectivity index is 1.84. The molecule has 1 N–H and O–H groups in total. The Morgan fingerprint density at radius 3 is 2.63 bits per heavy atom. The number of hydrogen-bond acceptors (Lipinski definition) is 3. The highest BCUT2D eigenvalue weighted by atomic mass is 16.4. The Morgan fingerprint density at radius 2 is 1.93 bits per heavy atom. The van der Waals surface area contributed by atoms with E-state index in [4.69, 9.17) is 0 Å². The van der Waals surface area contributed by atoms with Gasteiger partial charge in [-0.05, 0) is 42.3 Å². The Kier molecular flexibility index (Phi) is 4.20. The normalized spacial score (nSPS) is 14.1. The molecule has 0 spiro atoms. The summed E-state index contributed by atoms with van der Waals surface area (Å²) in [5.41, 5.74) is 4.78. The molecule has 0 aliphatic carbocycles. The van der Waals surface area contributed by atoms with Crippen LogP contribution in [0, 0.1) is 0 Å². The van der Waals surface area contributed by atoms with Gasteiger partial charge < -0.3 is 10.0 Å². The maximum Gasteiger partial charge on any atom is 0.310 e. The number of anilines is 1. The van der Waals surface area contributed by atoms with Crippen molar-refractivity contribution in [3.63, 3.8) is 0 Å². The second kappa shape index (κ2) is 6.68. The molecule has 0 bridgehead atoms. The number of aromatic nitrogens is 1. The van der Waals surface area contributed by atoms with Gasteiger partial charge in [0.25, 0.3) is 5.91 Å². The monoisotopic (exact) mass is 358 g/mol. The number of hydrogen-bond donors (Lipinski definition) is 1. The first-order valence-corrected chi connectivity index (χ1v) is 8.73. The third-order valence-corrected chi connectivity index (χ3v) is 4.98. The highest BCUT2D eigenvalue weighted by Crippen LogP contribution is 2.37. The summed E-state index contributed by atoms with van der Waals surface area (Å²) in [6, 6.07) is 16.8. The molecule has 5 nitrogen and oxygen atoms in total. The van der Waals surface area contributed by atoms with E-state index in [2.05, 4.69) is 4.98 Å². The number of carboxylic acids is 1. The molecule has 1 atom stereocenters. The van der Waals surface area contributed by atoms with Crippen LogP contribution in [0.3, 0.4) is 0 Å². The first-order valence-electron chi connectivity index (χ1n) is 8.73. The third-order valence-electron chi connectivity index (χ3n) is 4.98. The minimum absolute atomic E-state index is 0.0465. The summed E-state index contributed by atoms with van der Waals surface area (Å²) >= 11 is 0. The topological polar surface area (TPSA) is 70.5 Å². The molecule has 134 valence electrons.